The monoisotopic (exact) mass is 460 g/mol. The molecule has 1 amide bonds. The predicted octanol–water partition coefficient (Wildman–Crippen LogP) is 3.97. The van der Waals surface area contributed by atoms with E-state index >= 15 is 0 Å². The summed E-state index contributed by atoms with van der Waals surface area (Å²) in [7, 11) is 0. The molecule has 0 saturated carbocycles. The van der Waals surface area contributed by atoms with Crippen LogP contribution in [0.2, 0.25) is 0 Å². The minimum Gasteiger partial charge on any atom is -0.374 e. The van der Waals surface area contributed by atoms with E-state index in [0.717, 1.165) is 19.6 Å². The quantitative estimate of drug-likeness (QED) is 0.469. The number of aryl methyl sites for hydroxylation is 1. The normalized spacial score (nSPS) is 16.6. The van der Waals surface area contributed by atoms with Crippen LogP contribution in [-0.2, 0) is 11.3 Å². The van der Waals surface area contributed by atoms with Gasteiger partial charge in [-0.15, -0.1) is 0 Å². The number of ether oxygens (including phenoxy) is 1. The fourth-order valence-electron chi connectivity index (χ4n) is 4.23. The molecule has 2 aromatic carbocycles. The Morgan fingerprint density at radius 3 is 2.76 bits per heavy atom. The highest BCUT2D eigenvalue weighted by atomic mass is 19.1. The van der Waals surface area contributed by atoms with Gasteiger partial charge in [-0.05, 0) is 42.8 Å². The number of morpholine rings is 1. The van der Waals surface area contributed by atoms with Crippen LogP contribution in [-0.4, -0.2) is 53.3 Å². The average Bonchev–Trinajstić information content (AvgIpc) is 3.24. The van der Waals surface area contributed by atoms with Crippen LogP contribution in [0.1, 0.15) is 21.6 Å². The molecule has 3 heterocycles. The molecule has 34 heavy (non-hydrogen) atoms. The maximum atomic E-state index is 13.4. The van der Waals surface area contributed by atoms with Crippen LogP contribution in [0.3, 0.4) is 0 Å². The van der Waals surface area contributed by atoms with Gasteiger partial charge in [0.25, 0.3) is 11.6 Å². The molecule has 4 aromatic rings. The number of hydrogen-bond donors (Lipinski definition) is 1. The van der Waals surface area contributed by atoms with Gasteiger partial charge in [-0.2, -0.15) is 0 Å². The lowest BCUT2D eigenvalue weighted by Gasteiger charge is -2.33. The summed E-state index contributed by atoms with van der Waals surface area (Å²) in [6.07, 6.45) is -0.112. The van der Waals surface area contributed by atoms with Crippen LogP contribution in [0.15, 0.2) is 65.2 Å². The first-order valence-electron chi connectivity index (χ1n) is 11.3. The van der Waals surface area contributed by atoms with Crippen molar-refractivity contribution < 1.29 is 18.4 Å². The average molecular weight is 461 g/mol. The number of halogens is 1. The lowest BCUT2D eigenvalue weighted by Crippen LogP contribution is -2.47. The van der Waals surface area contributed by atoms with Crippen molar-refractivity contribution >= 4 is 17.0 Å². The van der Waals surface area contributed by atoms with E-state index in [9.17, 15) is 9.18 Å². The maximum absolute atomic E-state index is 13.4. The highest BCUT2D eigenvalue weighted by Gasteiger charge is 2.23. The molecule has 0 radical (unpaired) electrons. The van der Waals surface area contributed by atoms with Crippen molar-refractivity contribution in [1.29, 1.82) is 0 Å². The standard InChI is InChI=1S/C26H25FN4O3/c1-17-24-22(13-23(29-26(24)34-30-17)19-7-9-20(27)10-8-19)25(32)28-14-21-16-31(11-12-33-21)15-18-5-3-2-4-6-18/h2-10,13,21H,11-12,14-16H2,1H3,(H,28,32). The molecule has 0 bridgehead atoms. The van der Waals surface area contributed by atoms with Crippen molar-refractivity contribution in [3.05, 3.63) is 83.3 Å². The van der Waals surface area contributed by atoms with E-state index in [-0.39, 0.29) is 23.5 Å². The number of benzene rings is 2. The summed E-state index contributed by atoms with van der Waals surface area (Å²) in [6, 6.07) is 17.9. The maximum Gasteiger partial charge on any atom is 0.259 e. The second-order valence-corrected chi connectivity index (χ2v) is 8.43. The number of carbonyl (C=O) groups excluding carboxylic acids is 1. The fourth-order valence-corrected chi connectivity index (χ4v) is 4.23. The zero-order valence-corrected chi connectivity index (χ0v) is 18.8. The Kier molecular flexibility index (Phi) is 6.33. The van der Waals surface area contributed by atoms with Crippen molar-refractivity contribution in [2.24, 2.45) is 0 Å². The van der Waals surface area contributed by atoms with Crippen LogP contribution in [0.25, 0.3) is 22.4 Å². The van der Waals surface area contributed by atoms with Crippen LogP contribution >= 0.6 is 0 Å². The number of aromatic nitrogens is 2. The number of pyridine rings is 1. The summed E-state index contributed by atoms with van der Waals surface area (Å²) in [5, 5.41) is 7.55. The topological polar surface area (TPSA) is 80.5 Å². The molecule has 174 valence electrons. The largest absolute Gasteiger partial charge is 0.374 e. The third-order valence-corrected chi connectivity index (χ3v) is 5.96. The molecular weight excluding hydrogens is 435 g/mol. The molecule has 2 aromatic heterocycles. The summed E-state index contributed by atoms with van der Waals surface area (Å²) in [5.74, 6) is -0.599. The van der Waals surface area contributed by atoms with Gasteiger partial charge in [0.2, 0.25) is 0 Å². The smallest absolute Gasteiger partial charge is 0.259 e. The molecule has 1 atom stereocenters. The van der Waals surface area contributed by atoms with Gasteiger partial charge >= 0.3 is 0 Å². The van der Waals surface area contributed by atoms with E-state index < -0.39 is 0 Å². The van der Waals surface area contributed by atoms with Crippen LogP contribution < -0.4 is 5.32 Å². The van der Waals surface area contributed by atoms with Crippen molar-refractivity contribution in [3.63, 3.8) is 0 Å². The number of hydrogen-bond acceptors (Lipinski definition) is 6. The molecule has 1 unspecified atom stereocenters. The van der Waals surface area contributed by atoms with Gasteiger partial charge in [0.15, 0.2) is 0 Å². The van der Waals surface area contributed by atoms with E-state index in [4.69, 9.17) is 9.26 Å². The number of nitrogens with zero attached hydrogens (tertiary/aromatic N) is 3. The molecule has 5 rings (SSSR count). The first-order chi connectivity index (χ1) is 16.6. The molecule has 1 aliphatic heterocycles. The first-order valence-corrected chi connectivity index (χ1v) is 11.3. The molecule has 1 aliphatic rings. The van der Waals surface area contributed by atoms with Crippen molar-refractivity contribution in [3.8, 4) is 11.3 Å². The van der Waals surface area contributed by atoms with E-state index in [1.165, 1.54) is 17.7 Å². The Labute approximate surface area is 196 Å². The molecule has 7 nitrogen and oxygen atoms in total. The Morgan fingerprint density at radius 1 is 1.18 bits per heavy atom. The zero-order valence-electron chi connectivity index (χ0n) is 18.8. The SMILES string of the molecule is Cc1noc2nc(-c3ccc(F)cc3)cc(C(=O)NCC3CN(Cc4ccccc4)CCO3)c12. The molecule has 1 N–H and O–H groups in total. The lowest BCUT2D eigenvalue weighted by molar-refractivity contribution is -0.0292. The van der Waals surface area contributed by atoms with Gasteiger partial charge in [-0.1, -0.05) is 35.5 Å². The third kappa shape index (κ3) is 4.83. The highest BCUT2D eigenvalue weighted by molar-refractivity contribution is 6.07. The Bertz CT molecular complexity index is 1290. The van der Waals surface area contributed by atoms with Gasteiger partial charge in [-0.25, -0.2) is 9.37 Å². The Balaban J connectivity index is 1.31. The fraction of sp³-hybridized carbons (Fsp3) is 0.269. The van der Waals surface area contributed by atoms with Gasteiger partial charge in [-0.3, -0.25) is 9.69 Å². The lowest BCUT2D eigenvalue weighted by atomic mass is 10.0. The Hall–Kier alpha value is -3.62. The van der Waals surface area contributed by atoms with Crippen molar-refractivity contribution in [2.45, 2.75) is 19.6 Å². The van der Waals surface area contributed by atoms with Gasteiger partial charge in [0.1, 0.15) is 5.82 Å². The third-order valence-electron chi connectivity index (χ3n) is 5.96. The van der Waals surface area contributed by atoms with Gasteiger partial charge in [0, 0.05) is 31.7 Å². The molecule has 1 saturated heterocycles. The summed E-state index contributed by atoms with van der Waals surface area (Å²) >= 11 is 0. The number of rotatable bonds is 6. The first kappa shape index (κ1) is 22.2. The minimum atomic E-state index is -0.341. The van der Waals surface area contributed by atoms with Crippen molar-refractivity contribution in [1.82, 2.24) is 20.4 Å². The summed E-state index contributed by atoms with van der Waals surface area (Å²) in [6.45, 7) is 5.20. The molecular formula is C26H25FN4O3. The van der Waals surface area contributed by atoms with Gasteiger partial charge < -0.3 is 14.6 Å². The Morgan fingerprint density at radius 2 is 1.97 bits per heavy atom. The van der Waals surface area contributed by atoms with Gasteiger partial charge in [0.05, 0.1) is 35.0 Å². The highest BCUT2D eigenvalue weighted by Crippen LogP contribution is 2.27. The van der Waals surface area contributed by atoms with Crippen LogP contribution in [0.4, 0.5) is 4.39 Å². The van der Waals surface area contributed by atoms with E-state index in [1.807, 2.05) is 18.2 Å². The minimum absolute atomic E-state index is 0.112. The summed E-state index contributed by atoms with van der Waals surface area (Å²) in [4.78, 5) is 20.0. The van der Waals surface area contributed by atoms with E-state index in [1.54, 1.807) is 25.1 Å². The number of carbonyl (C=O) groups is 1. The summed E-state index contributed by atoms with van der Waals surface area (Å²) < 4.78 is 24.6. The van der Waals surface area contributed by atoms with Crippen LogP contribution in [0.5, 0.6) is 0 Å². The number of fused-ring (bicyclic) bond motifs is 1. The van der Waals surface area contributed by atoms with Crippen molar-refractivity contribution in [2.75, 3.05) is 26.2 Å². The van der Waals surface area contributed by atoms with E-state index in [0.29, 0.717) is 41.1 Å². The zero-order chi connectivity index (χ0) is 23.5. The molecule has 0 aliphatic carbocycles. The summed E-state index contributed by atoms with van der Waals surface area (Å²) in [5.41, 5.74) is 3.71. The number of amides is 1. The number of nitrogens with one attached hydrogen (secondary N) is 1. The van der Waals surface area contributed by atoms with Crippen LogP contribution in [0, 0.1) is 12.7 Å². The second kappa shape index (κ2) is 9.70. The second-order valence-electron chi connectivity index (χ2n) is 8.43. The molecule has 0 spiro atoms. The van der Waals surface area contributed by atoms with E-state index in [2.05, 4.69) is 32.5 Å². The molecule has 1 fully saturated rings. The predicted molar refractivity (Wildman–Crippen MR) is 126 cm³/mol. The molecule has 8 heteroatoms.